The van der Waals surface area contributed by atoms with Crippen molar-refractivity contribution in [1.29, 1.82) is 0 Å². The minimum Gasteiger partial charge on any atom is -0.480 e. The number of hydrogen-bond acceptors (Lipinski definition) is 3. The number of amides is 1. The summed E-state index contributed by atoms with van der Waals surface area (Å²) in [5, 5.41) is 9.38. The van der Waals surface area contributed by atoms with E-state index in [4.69, 9.17) is 0 Å². The molecule has 20 heavy (non-hydrogen) atoms. The molecular formula is C15H25NO3S. The zero-order valence-corrected chi connectivity index (χ0v) is 13.4. The number of nitrogens with zero attached hydrogens (tertiary/aromatic N) is 1. The lowest BCUT2D eigenvalue weighted by molar-refractivity contribution is -0.152. The first kappa shape index (κ1) is 15.7. The van der Waals surface area contributed by atoms with Gasteiger partial charge in [-0.1, -0.05) is 20.8 Å². The zero-order valence-electron chi connectivity index (χ0n) is 12.5. The van der Waals surface area contributed by atoms with E-state index < -0.39 is 12.0 Å². The monoisotopic (exact) mass is 299 g/mol. The Balaban J connectivity index is 2.12. The molecule has 4 nitrogen and oxygen atoms in total. The van der Waals surface area contributed by atoms with Crippen LogP contribution in [0.4, 0.5) is 0 Å². The fourth-order valence-corrected chi connectivity index (χ4v) is 4.71. The maximum Gasteiger partial charge on any atom is 0.327 e. The molecule has 2 atom stereocenters. The number of aliphatic carboxylic acids is 1. The fraction of sp³-hybridized carbons (Fsp3) is 0.867. The summed E-state index contributed by atoms with van der Waals surface area (Å²) in [7, 11) is 0. The predicted octanol–water partition coefficient (Wildman–Crippen LogP) is 2.82. The molecule has 2 aliphatic rings. The van der Waals surface area contributed by atoms with Crippen molar-refractivity contribution in [3.05, 3.63) is 0 Å². The third kappa shape index (κ3) is 3.13. The summed E-state index contributed by atoms with van der Waals surface area (Å²) in [5.41, 5.74) is 0. The van der Waals surface area contributed by atoms with Crippen LogP contribution in [0.1, 0.15) is 46.5 Å². The molecule has 0 aromatic carbocycles. The first-order chi connectivity index (χ1) is 9.41. The van der Waals surface area contributed by atoms with Gasteiger partial charge in [0.05, 0.1) is 5.37 Å². The molecule has 1 aliphatic heterocycles. The number of carboxylic acids is 1. The molecule has 2 rings (SSSR count). The zero-order chi connectivity index (χ0) is 14.9. The van der Waals surface area contributed by atoms with Gasteiger partial charge in [-0.2, -0.15) is 0 Å². The molecule has 0 bridgehead atoms. The van der Waals surface area contributed by atoms with E-state index in [-0.39, 0.29) is 23.1 Å². The van der Waals surface area contributed by atoms with Crippen LogP contribution in [0.15, 0.2) is 0 Å². The smallest absolute Gasteiger partial charge is 0.327 e. The summed E-state index contributed by atoms with van der Waals surface area (Å²) in [6.07, 6.45) is 4.00. The van der Waals surface area contributed by atoms with Crippen molar-refractivity contribution in [2.45, 2.75) is 57.9 Å². The third-order valence-electron chi connectivity index (χ3n) is 4.51. The number of carbonyl (C=O) groups is 2. The SMILES string of the molecule is CC1CCC(C(=O)N2C(C(=O)O)CSC2C(C)C)CC1. The lowest BCUT2D eigenvalue weighted by atomic mass is 9.82. The maximum atomic E-state index is 12.8. The molecule has 1 saturated carbocycles. The van der Waals surface area contributed by atoms with E-state index in [0.717, 1.165) is 25.7 Å². The van der Waals surface area contributed by atoms with Gasteiger partial charge in [0, 0.05) is 11.7 Å². The molecule has 1 N–H and O–H groups in total. The van der Waals surface area contributed by atoms with Gasteiger partial charge in [0.25, 0.3) is 0 Å². The van der Waals surface area contributed by atoms with Crippen LogP contribution in [0.5, 0.6) is 0 Å². The fourth-order valence-electron chi connectivity index (χ4n) is 3.23. The van der Waals surface area contributed by atoms with Gasteiger partial charge in [-0.3, -0.25) is 4.79 Å². The number of rotatable bonds is 3. The average Bonchev–Trinajstić information content (AvgIpc) is 2.83. The van der Waals surface area contributed by atoms with Crippen LogP contribution in [0.3, 0.4) is 0 Å². The molecule has 0 aromatic rings. The van der Waals surface area contributed by atoms with E-state index in [9.17, 15) is 14.7 Å². The highest BCUT2D eigenvalue weighted by Gasteiger charge is 2.44. The normalized spacial score (nSPS) is 34.5. The molecule has 1 aliphatic carbocycles. The Labute approximate surface area is 125 Å². The molecule has 1 amide bonds. The highest BCUT2D eigenvalue weighted by atomic mass is 32.2. The van der Waals surface area contributed by atoms with Gasteiger partial charge in [-0.15, -0.1) is 11.8 Å². The summed E-state index contributed by atoms with van der Waals surface area (Å²) in [4.78, 5) is 25.9. The summed E-state index contributed by atoms with van der Waals surface area (Å²) >= 11 is 1.61. The average molecular weight is 299 g/mol. The summed E-state index contributed by atoms with van der Waals surface area (Å²) < 4.78 is 0. The molecule has 2 unspecified atom stereocenters. The van der Waals surface area contributed by atoms with E-state index in [1.165, 1.54) is 0 Å². The van der Waals surface area contributed by atoms with Gasteiger partial charge in [-0.05, 0) is 37.5 Å². The number of carbonyl (C=O) groups excluding carboxylic acids is 1. The van der Waals surface area contributed by atoms with Crippen molar-refractivity contribution in [2.75, 3.05) is 5.75 Å². The Bertz CT molecular complexity index is 377. The second kappa shape index (κ2) is 6.37. The van der Waals surface area contributed by atoms with Gasteiger partial charge in [-0.25, -0.2) is 4.79 Å². The second-order valence-electron chi connectivity index (χ2n) is 6.52. The largest absolute Gasteiger partial charge is 0.480 e. The van der Waals surface area contributed by atoms with Crippen molar-refractivity contribution in [3.8, 4) is 0 Å². The van der Waals surface area contributed by atoms with Gasteiger partial charge in [0.15, 0.2) is 0 Å². The minimum absolute atomic E-state index is 0.0166. The molecule has 114 valence electrons. The van der Waals surface area contributed by atoms with Gasteiger partial charge in [0.1, 0.15) is 6.04 Å². The maximum absolute atomic E-state index is 12.8. The van der Waals surface area contributed by atoms with Crippen molar-refractivity contribution in [2.24, 2.45) is 17.8 Å². The first-order valence-corrected chi connectivity index (χ1v) is 8.63. The molecular weight excluding hydrogens is 274 g/mol. The number of carboxylic acid groups (broad SMARTS) is 1. The number of thioether (sulfide) groups is 1. The van der Waals surface area contributed by atoms with E-state index in [2.05, 4.69) is 20.8 Å². The standard InChI is InChI=1S/C15H25NO3S/c1-9(2)14-16(12(8-20-14)15(18)19)13(17)11-6-4-10(3)5-7-11/h9-12,14H,4-8H2,1-3H3,(H,18,19). The van der Waals surface area contributed by atoms with Gasteiger partial charge in [0.2, 0.25) is 5.91 Å². The molecule has 0 spiro atoms. The highest BCUT2D eigenvalue weighted by molar-refractivity contribution is 8.00. The van der Waals surface area contributed by atoms with E-state index >= 15 is 0 Å². The molecule has 0 radical (unpaired) electrons. The minimum atomic E-state index is -0.863. The van der Waals surface area contributed by atoms with E-state index in [1.807, 2.05) is 0 Å². The Morgan fingerprint density at radius 1 is 1.20 bits per heavy atom. The van der Waals surface area contributed by atoms with E-state index in [1.54, 1.807) is 16.7 Å². The van der Waals surface area contributed by atoms with Crippen LogP contribution >= 0.6 is 11.8 Å². The Hall–Kier alpha value is -0.710. The Kier molecular flexibility index (Phi) is 4.99. The lowest BCUT2D eigenvalue weighted by Gasteiger charge is -2.35. The van der Waals surface area contributed by atoms with Crippen LogP contribution in [-0.2, 0) is 9.59 Å². The topological polar surface area (TPSA) is 57.6 Å². The van der Waals surface area contributed by atoms with Crippen LogP contribution in [-0.4, -0.2) is 39.1 Å². The lowest BCUT2D eigenvalue weighted by Crippen LogP contribution is -2.49. The molecule has 5 heteroatoms. The van der Waals surface area contributed by atoms with Crippen molar-refractivity contribution < 1.29 is 14.7 Å². The van der Waals surface area contributed by atoms with Gasteiger partial charge < -0.3 is 10.0 Å². The summed E-state index contributed by atoms with van der Waals surface area (Å²) in [6.45, 7) is 6.35. The molecule has 1 saturated heterocycles. The van der Waals surface area contributed by atoms with Crippen molar-refractivity contribution >= 4 is 23.6 Å². The molecule has 0 aromatic heterocycles. The van der Waals surface area contributed by atoms with E-state index in [0.29, 0.717) is 11.7 Å². The molecule has 2 fully saturated rings. The predicted molar refractivity (Wildman–Crippen MR) is 80.5 cm³/mol. The van der Waals surface area contributed by atoms with Gasteiger partial charge >= 0.3 is 5.97 Å². The molecule has 1 heterocycles. The first-order valence-electron chi connectivity index (χ1n) is 7.58. The Morgan fingerprint density at radius 3 is 2.30 bits per heavy atom. The Morgan fingerprint density at radius 2 is 1.80 bits per heavy atom. The number of hydrogen-bond donors (Lipinski definition) is 1. The quantitative estimate of drug-likeness (QED) is 0.870. The van der Waals surface area contributed by atoms with Crippen molar-refractivity contribution in [1.82, 2.24) is 4.90 Å². The second-order valence-corrected chi connectivity index (χ2v) is 7.67. The van der Waals surface area contributed by atoms with Crippen molar-refractivity contribution in [3.63, 3.8) is 0 Å². The van der Waals surface area contributed by atoms with Crippen LogP contribution in [0.25, 0.3) is 0 Å². The summed E-state index contributed by atoms with van der Waals surface area (Å²) in [5.74, 6) is 0.755. The van der Waals surface area contributed by atoms with Crippen LogP contribution in [0, 0.1) is 17.8 Å². The highest BCUT2D eigenvalue weighted by Crippen LogP contribution is 2.38. The summed E-state index contributed by atoms with van der Waals surface area (Å²) in [6, 6.07) is -0.640. The van der Waals surface area contributed by atoms with Crippen LogP contribution < -0.4 is 0 Å². The van der Waals surface area contributed by atoms with Crippen LogP contribution in [0.2, 0.25) is 0 Å². The third-order valence-corrected chi connectivity index (χ3v) is 6.13.